The molecule has 102 valence electrons. The van der Waals surface area contributed by atoms with Crippen LogP contribution in [0.5, 0.6) is 0 Å². The Labute approximate surface area is 121 Å². The maximum absolute atomic E-state index is 12.3. The third-order valence-electron chi connectivity index (χ3n) is 3.65. The molecule has 1 atom stereocenters. The second-order valence-electron chi connectivity index (χ2n) is 5.33. The highest BCUT2D eigenvalue weighted by Gasteiger charge is 2.30. The minimum atomic E-state index is 0.0475. The highest BCUT2D eigenvalue weighted by Crippen LogP contribution is 2.30. The summed E-state index contributed by atoms with van der Waals surface area (Å²) in [6, 6.07) is 1.81. The van der Waals surface area contributed by atoms with Gasteiger partial charge in [-0.3, -0.25) is 9.78 Å². The Hall–Kier alpha value is -0.940. The van der Waals surface area contributed by atoms with E-state index in [0.29, 0.717) is 12.1 Å². The van der Waals surface area contributed by atoms with Gasteiger partial charge in [-0.25, -0.2) is 0 Å². The molecule has 1 saturated carbocycles. The predicted octanol–water partition coefficient (Wildman–Crippen LogP) is 2.49. The van der Waals surface area contributed by atoms with Gasteiger partial charge in [0.2, 0.25) is 0 Å². The van der Waals surface area contributed by atoms with E-state index in [4.69, 9.17) is 4.74 Å². The van der Waals surface area contributed by atoms with Gasteiger partial charge in [0.05, 0.1) is 11.7 Å². The molecule has 2 aliphatic rings. The number of carbonyl (C=O) groups is 1. The number of pyridine rings is 1. The largest absolute Gasteiger partial charge is 0.376 e. The van der Waals surface area contributed by atoms with Crippen molar-refractivity contribution in [2.24, 2.45) is 5.92 Å². The molecule has 1 saturated heterocycles. The first-order chi connectivity index (χ1) is 9.22. The average molecular weight is 325 g/mol. The van der Waals surface area contributed by atoms with Crippen molar-refractivity contribution in [1.29, 1.82) is 0 Å². The van der Waals surface area contributed by atoms with E-state index in [9.17, 15) is 4.79 Å². The monoisotopic (exact) mass is 324 g/mol. The van der Waals surface area contributed by atoms with Crippen molar-refractivity contribution >= 4 is 21.8 Å². The first kappa shape index (κ1) is 13.1. The van der Waals surface area contributed by atoms with Gasteiger partial charge in [0, 0.05) is 36.6 Å². The highest BCUT2D eigenvalue weighted by molar-refractivity contribution is 9.10. The molecule has 0 spiro atoms. The van der Waals surface area contributed by atoms with Crippen LogP contribution < -0.4 is 0 Å². The van der Waals surface area contributed by atoms with Gasteiger partial charge in [-0.2, -0.15) is 0 Å². The number of nitrogens with zero attached hydrogens (tertiary/aromatic N) is 2. The van der Waals surface area contributed by atoms with Crippen molar-refractivity contribution in [3.8, 4) is 0 Å². The van der Waals surface area contributed by atoms with Gasteiger partial charge in [0.15, 0.2) is 0 Å². The van der Waals surface area contributed by atoms with Gasteiger partial charge in [-0.1, -0.05) is 0 Å². The predicted molar refractivity (Wildman–Crippen MR) is 74.9 cm³/mol. The van der Waals surface area contributed by atoms with E-state index in [1.807, 2.05) is 11.0 Å². The van der Waals surface area contributed by atoms with Gasteiger partial charge in [-0.15, -0.1) is 0 Å². The minimum absolute atomic E-state index is 0.0475. The fraction of sp³-hybridized carbons (Fsp3) is 0.571. The maximum Gasteiger partial charge on any atom is 0.255 e. The number of halogens is 1. The van der Waals surface area contributed by atoms with Crippen LogP contribution in [-0.4, -0.2) is 41.6 Å². The van der Waals surface area contributed by atoms with Gasteiger partial charge in [0.25, 0.3) is 5.91 Å². The number of rotatable bonds is 4. The molecule has 5 heteroatoms. The number of aromatic nitrogens is 1. The highest BCUT2D eigenvalue weighted by atomic mass is 79.9. The molecule has 1 aliphatic carbocycles. The summed E-state index contributed by atoms with van der Waals surface area (Å²) < 4.78 is 6.68. The van der Waals surface area contributed by atoms with E-state index in [1.54, 1.807) is 12.4 Å². The fourth-order valence-corrected chi connectivity index (χ4v) is 2.68. The Bertz CT molecular complexity index is 476. The molecule has 1 aliphatic heterocycles. The molecule has 0 aromatic carbocycles. The molecular formula is C14H17BrN2O2. The molecule has 1 amide bonds. The number of hydrogen-bond acceptors (Lipinski definition) is 3. The van der Waals surface area contributed by atoms with Crippen LogP contribution >= 0.6 is 15.9 Å². The lowest BCUT2D eigenvalue weighted by Gasteiger charge is -2.16. The van der Waals surface area contributed by atoms with Crippen LogP contribution in [-0.2, 0) is 4.74 Å². The summed E-state index contributed by atoms with van der Waals surface area (Å²) in [6.45, 7) is 2.35. The molecule has 2 fully saturated rings. The molecule has 0 bridgehead atoms. The van der Waals surface area contributed by atoms with Gasteiger partial charge >= 0.3 is 0 Å². The van der Waals surface area contributed by atoms with Gasteiger partial charge in [-0.05, 0) is 47.2 Å². The molecule has 0 radical (unpaired) electrons. The van der Waals surface area contributed by atoms with Crippen LogP contribution in [0.25, 0.3) is 0 Å². The van der Waals surface area contributed by atoms with Crippen molar-refractivity contribution in [1.82, 2.24) is 9.88 Å². The van der Waals surface area contributed by atoms with Crippen LogP contribution in [0.1, 0.15) is 29.6 Å². The van der Waals surface area contributed by atoms with Crippen LogP contribution in [0, 0.1) is 5.92 Å². The molecule has 1 aromatic rings. The average Bonchev–Trinajstić information content (AvgIpc) is 3.13. The van der Waals surface area contributed by atoms with E-state index < -0.39 is 0 Å². The number of ether oxygens (including phenoxy) is 1. The summed E-state index contributed by atoms with van der Waals surface area (Å²) in [5.41, 5.74) is 0.636. The maximum atomic E-state index is 12.3. The summed E-state index contributed by atoms with van der Waals surface area (Å²) in [6.07, 6.45) is 7.07. The topological polar surface area (TPSA) is 42.4 Å². The SMILES string of the molecule is O=C(c1cncc(Br)c1)N1CCC(OCC2CC2)C1. The number of hydrogen-bond donors (Lipinski definition) is 0. The summed E-state index contributed by atoms with van der Waals surface area (Å²) in [5.74, 6) is 0.824. The number of amides is 1. The Morgan fingerprint density at radius 3 is 3.00 bits per heavy atom. The van der Waals surface area contributed by atoms with E-state index in [1.165, 1.54) is 12.8 Å². The summed E-state index contributed by atoms with van der Waals surface area (Å²) in [7, 11) is 0. The van der Waals surface area contributed by atoms with Crippen molar-refractivity contribution < 1.29 is 9.53 Å². The third-order valence-corrected chi connectivity index (χ3v) is 4.08. The van der Waals surface area contributed by atoms with Crippen molar-refractivity contribution in [3.05, 3.63) is 28.5 Å². The zero-order valence-corrected chi connectivity index (χ0v) is 12.3. The Balaban J connectivity index is 1.56. The molecule has 3 rings (SSSR count). The normalized spacial score (nSPS) is 22.8. The lowest BCUT2D eigenvalue weighted by molar-refractivity contribution is 0.0480. The fourth-order valence-electron chi connectivity index (χ4n) is 2.32. The zero-order valence-electron chi connectivity index (χ0n) is 10.7. The van der Waals surface area contributed by atoms with Crippen LogP contribution in [0.3, 0.4) is 0 Å². The Kier molecular flexibility index (Phi) is 3.84. The zero-order chi connectivity index (χ0) is 13.2. The third kappa shape index (κ3) is 3.34. The first-order valence-corrected chi connectivity index (χ1v) is 7.53. The van der Waals surface area contributed by atoms with E-state index in [2.05, 4.69) is 20.9 Å². The van der Waals surface area contributed by atoms with E-state index in [0.717, 1.165) is 30.0 Å². The molecule has 1 aromatic heterocycles. The first-order valence-electron chi connectivity index (χ1n) is 6.74. The van der Waals surface area contributed by atoms with E-state index >= 15 is 0 Å². The molecule has 1 unspecified atom stereocenters. The second kappa shape index (κ2) is 5.59. The molecule has 19 heavy (non-hydrogen) atoms. The van der Waals surface area contributed by atoms with Crippen LogP contribution in [0.15, 0.2) is 22.9 Å². The molecule has 2 heterocycles. The standard InChI is InChI=1S/C14H17BrN2O2/c15-12-5-11(6-16-7-12)14(18)17-4-3-13(8-17)19-9-10-1-2-10/h5-7,10,13H,1-4,8-9H2. The van der Waals surface area contributed by atoms with E-state index in [-0.39, 0.29) is 12.0 Å². The van der Waals surface area contributed by atoms with Gasteiger partial charge in [0.1, 0.15) is 0 Å². The Morgan fingerprint density at radius 2 is 2.26 bits per heavy atom. The molecule has 0 N–H and O–H groups in total. The lowest BCUT2D eigenvalue weighted by atomic mass is 10.2. The number of likely N-dealkylation sites (tertiary alicyclic amines) is 1. The molecular weight excluding hydrogens is 308 g/mol. The Morgan fingerprint density at radius 1 is 1.42 bits per heavy atom. The quantitative estimate of drug-likeness (QED) is 0.854. The van der Waals surface area contributed by atoms with Gasteiger partial charge < -0.3 is 9.64 Å². The second-order valence-corrected chi connectivity index (χ2v) is 6.25. The van der Waals surface area contributed by atoms with Crippen molar-refractivity contribution in [2.45, 2.75) is 25.4 Å². The summed E-state index contributed by atoms with van der Waals surface area (Å²) in [4.78, 5) is 18.2. The summed E-state index contributed by atoms with van der Waals surface area (Å²) in [5, 5.41) is 0. The van der Waals surface area contributed by atoms with Crippen molar-refractivity contribution in [2.75, 3.05) is 19.7 Å². The molecule has 4 nitrogen and oxygen atoms in total. The van der Waals surface area contributed by atoms with Crippen LogP contribution in [0.4, 0.5) is 0 Å². The van der Waals surface area contributed by atoms with Crippen LogP contribution in [0.2, 0.25) is 0 Å². The summed E-state index contributed by atoms with van der Waals surface area (Å²) >= 11 is 3.34. The number of carbonyl (C=O) groups excluding carboxylic acids is 1. The lowest BCUT2D eigenvalue weighted by Crippen LogP contribution is -2.30. The smallest absolute Gasteiger partial charge is 0.255 e. The minimum Gasteiger partial charge on any atom is -0.376 e. The van der Waals surface area contributed by atoms with Crippen molar-refractivity contribution in [3.63, 3.8) is 0 Å².